The Kier molecular flexibility index (Phi) is 6.85. The first-order valence-electron chi connectivity index (χ1n) is 8.69. The van der Waals surface area contributed by atoms with Gasteiger partial charge in [-0.25, -0.2) is 8.42 Å². The molecule has 0 aliphatic rings. The maximum Gasteiger partial charge on any atom is 0.243 e. The van der Waals surface area contributed by atoms with Gasteiger partial charge in [-0.2, -0.15) is 0 Å². The summed E-state index contributed by atoms with van der Waals surface area (Å²) in [5.74, 6) is 0.438. The lowest BCUT2D eigenvalue weighted by molar-refractivity contribution is -0.121. The Labute approximate surface area is 161 Å². The number of amides is 1. The van der Waals surface area contributed by atoms with Crippen LogP contribution in [-0.4, -0.2) is 40.3 Å². The highest BCUT2D eigenvalue weighted by molar-refractivity contribution is 7.92. The Morgan fingerprint density at radius 1 is 1.11 bits per heavy atom. The number of methoxy groups -OCH3 is 1. The molecule has 27 heavy (non-hydrogen) atoms. The molecule has 2 rings (SSSR count). The predicted molar refractivity (Wildman–Crippen MR) is 108 cm³/mol. The zero-order chi connectivity index (χ0) is 20.0. The summed E-state index contributed by atoms with van der Waals surface area (Å²) in [5, 5.41) is 2.82. The zero-order valence-electron chi connectivity index (χ0n) is 16.1. The average Bonchev–Trinajstić information content (AvgIpc) is 2.63. The van der Waals surface area contributed by atoms with Gasteiger partial charge in [0.15, 0.2) is 0 Å². The summed E-state index contributed by atoms with van der Waals surface area (Å²) in [5.41, 5.74) is 2.55. The number of nitrogens with one attached hydrogen (secondary N) is 1. The van der Waals surface area contributed by atoms with Crippen molar-refractivity contribution in [3.63, 3.8) is 0 Å². The molecule has 2 aromatic carbocycles. The van der Waals surface area contributed by atoms with Gasteiger partial charge in [0.1, 0.15) is 11.8 Å². The molecule has 1 amide bonds. The van der Waals surface area contributed by atoms with E-state index in [0.717, 1.165) is 27.4 Å². The average molecular weight is 391 g/mol. The van der Waals surface area contributed by atoms with Gasteiger partial charge in [-0.1, -0.05) is 29.8 Å². The molecular formula is C20H26N2O4S. The summed E-state index contributed by atoms with van der Waals surface area (Å²) in [6.45, 7) is 3.93. The summed E-state index contributed by atoms with van der Waals surface area (Å²) in [4.78, 5) is 12.5. The predicted octanol–water partition coefficient (Wildman–Crippen LogP) is 2.52. The summed E-state index contributed by atoms with van der Waals surface area (Å²) in [6.07, 6.45) is 1.75. The molecule has 0 heterocycles. The third kappa shape index (κ3) is 5.72. The van der Waals surface area contributed by atoms with Crippen LogP contribution in [0.3, 0.4) is 0 Å². The second-order valence-electron chi connectivity index (χ2n) is 6.46. The molecule has 0 aliphatic heterocycles. The fourth-order valence-electron chi connectivity index (χ4n) is 2.77. The number of nitrogens with zero attached hydrogens (tertiary/aromatic N) is 1. The van der Waals surface area contributed by atoms with Crippen molar-refractivity contribution in [2.75, 3.05) is 24.2 Å². The molecule has 1 N–H and O–H groups in total. The molecule has 0 radical (unpaired) electrons. The van der Waals surface area contributed by atoms with Crippen LogP contribution in [0.2, 0.25) is 0 Å². The van der Waals surface area contributed by atoms with Crippen molar-refractivity contribution < 1.29 is 17.9 Å². The number of ether oxygens (including phenoxy) is 1. The number of benzene rings is 2. The summed E-state index contributed by atoms with van der Waals surface area (Å²) < 4.78 is 30.8. The number of hydrogen-bond donors (Lipinski definition) is 1. The van der Waals surface area contributed by atoms with E-state index in [1.807, 2.05) is 43.3 Å². The van der Waals surface area contributed by atoms with Gasteiger partial charge in [0.25, 0.3) is 0 Å². The normalized spacial score (nSPS) is 12.3. The van der Waals surface area contributed by atoms with Gasteiger partial charge in [-0.05, 0) is 50.1 Å². The van der Waals surface area contributed by atoms with Gasteiger partial charge in [0.2, 0.25) is 15.9 Å². The quantitative estimate of drug-likeness (QED) is 0.751. The minimum atomic E-state index is -3.60. The van der Waals surface area contributed by atoms with E-state index in [9.17, 15) is 13.2 Å². The molecule has 0 spiro atoms. The Morgan fingerprint density at radius 3 is 2.22 bits per heavy atom. The van der Waals surface area contributed by atoms with Crippen molar-refractivity contribution in [2.45, 2.75) is 26.3 Å². The van der Waals surface area contributed by atoms with Crippen LogP contribution in [0.1, 0.15) is 18.1 Å². The maximum absolute atomic E-state index is 12.5. The number of anilines is 1. The van der Waals surface area contributed by atoms with E-state index in [2.05, 4.69) is 5.32 Å². The number of carbonyl (C=O) groups excluding carboxylic acids is 1. The van der Waals surface area contributed by atoms with Crippen molar-refractivity contribution in [1.82, 2.24) is 5.32 Å². The lowest BCUT2D eigenvalue weighted by Crippen LogP contribution is -2.48. The summed E-state index contributed by atoms with van der Waals surface area (Å²) in [7, 11) is -1.99. The topological polar surface area (TPSA) is 75.7 Å². The molecule has 0 saturated carbocycles. The molecule has 0 aromatic heterocycles. The number of hydrogen-bond acceptors (Lipinski definition) is 4. The van der Waals surface area contributed by atoms with Crippen molar-refractivity contribution in [2.24, 2.45) is 0 Å². The molecule has 6 nitrogen and oxygen atoms in total. The van der Waals surface area contributed by atoms with Gasteiger partial charge in [0, 0.05) is 6.54 Å². The molecule has 0 aliphatic carbocycles. The van der Waals surface area contributed by atoms with Gasteiger partial charge in [0.05, 0.1) is 19.1 Å². The number of rotatable bonds is 8. The first kappa shape index (κ1) is 20.8. The SMILES string of the molecule is COc1ccc(CCNC(=O)[C@@H](C)N(c2ccc(C)cc2)S(C)(=O)=O)cc1. The van der Waals surface area contributed by atoms with E-state index in [-0.39, 0.29) is 5.91 Å². The smallest absolute Gasteiger partial charge is 0.243 e. The number of aryl methyl sites for hydroxylation is 1. The molecule has 0 unspecified atom stereocenters. The standard InChI is InChI=1S/C20H26N2O4S/c1-15-5-9-18(10-6-15)22(27(4,24)25)16(2)20(23)21-14-13-17-7-11-19(26-3)12-8-17/h5-12,16H,13-14H2,1-4H3,(H,21,23)/t16-/m1/s1. The molecule has 1 atom stereocenters. The molecule has 0 fully saturated rings. The number of carbonyl (C=O) groups is 1. The lowest BCUT2D eigenvalue weighted by atomic mass is 10.1. The van der Waals surface area contributed by atoms with E-state index >= 15 is 0 Å². The van der Waals surface area contributed by atoms with Crippen LogP contribution in [0.5, 0.6) is 5.75 Å². The fraction of sp³-hybridized carbons (Fsp3) is 0.350. The highest BCUT2D eigenvalue weighted by Crippen LogP contribution is 2.21. The third-order valence-electron chi connectivity index (χ3n) is 4.25. The second kappa shape index (κ2) is 8.90. The highest BCUT2D eigenvalue weighted by atomic mass is 32.2. The van der Waals surface area contributed by atoms with E-state index in [4.69, 9.17) is 4.74 Å². The lowest BCUT2D eigenvalue weighted by Gasteiger charge is -2.28. The van der Waals surface area contributed by atoms with Crippen LogP contribution in [0.4, 0.5) is 5.69 Å². The van der Waals surface area contributed by atoms with Crippen molar-refractivity contribution in [3.05, 3.63) is 59.7 Å². The first-order chi connectivity index (χ1) is 12.7. The fourth-order valence-corrected chi connectivity index (χ4v) is 3.95. The van der Waals surface area contributed by atoms with Gasteiger partial charge < -0.3 is 10.1 Å². The molecular weight excluding hydrogens is 364 g/mol. The Balaban J connectivity index is 2.02. The summed E-state index contributed by atoms with van der Waals surface area (Å²) >= 11 is 0. The van der Waals surface area contributed by atoms with Crippen LogP contribution in [0.25, 0.3) is 0 Å². The Bertz CT molecular complexity index is 862. The van der Waals surface area contributed by atoms with E-state index in [1.165, 1.54) is 0 Å². The van der Waals surface area contributed by atoms with Crippen molar-refractivity contribution in [3.8, 4) is 5.75 Å². The van der Waals surface area contributed by atoms with Gasteiger partial charge in [-0.3, -0.25) is 9.10 Å². The first-order valence-corrected chi connectivity index (χ1v) is 10.5. The van der Waals surface area contributed by atoms with Crippen molar-refractivity contribution >= 4 is 21.6 Å². The second-order valence-corrected chi connectivity index (χ2v) is 8.32. The van der Waals surface area contributed by atoms with Crippen LogP contribution in [0.15, 0.2) is 48.5 Å². The number of sulfonamides is 1. The Morgan fingerprint density at radius 2 is 1.70 bits per heavy atom. The van der Waals surface area contributed by atoms with Crippen LogP contribution >= 0.6 is 0 Å². The maximum atomic E-state index is 12.5. The molecule has 146 valence electrons. The minimum absolute atomic E-state index is 0.338. The van der Waals surface area contributed by atoms with Crippen molar-refractivity contribution in [1.29, 1.82) is 0 Å². The van der Waals surface area contributed by atoms with Crippen LogP contribution < -0.4 is 14.4 Å². The van der Waals surface area contributed by atoms with Crippen LogP contribution in [0, 0.1) is 6.92 Å². The molecule has 7 heteroatoms. The zero-order valence-corrected chi connectivity index (χ0v) is 16.9. The molecule has 2 aromatic rings. The van der Waals surface area contributed by atoms with Gasteiger partial charge >= 0.3 is 0 Å². The monoisotopic (exact) mass is 390 g/mol. The largest absolute Gasteiger partial charge is 0.497 e. The molecule has 0 bridgehead atoms. The van der Waals surface area contributed by atoms with Crippen LogP contribution in [-0.2, 0) is 21.2 Å². The van der Waals surface area contributed by atoms with E-state index in [0.29, 0.717) is 18.7 Å². The summed E-state index contributed by atoms with van der Waals surface area (Å²) in [6, 6.07) is 13.8. The minimum Gasteiger partial charge on any atom is -0.497 e. The highest BCUT2D eigenvalue weighted by Gasteiger charge is 2.28. The third-order valence-corrected chi connectivity index (χ3v) is 5.49. The van der Waals surface area contributed by atoms with E-state index in [1.54, 1.807) is 26.2 Å². The van der Waals surface area contributed by atoms with E-state index < -0.39 is 16.1 Å². The van der Waals surface area contributed by atoms with Gasteiger partial charge in [-0.15, -0.1) is 0 Å². The Hall–Kier alpha value is -2.54. The molecule has 0 saturated heterocycles.